The lowest BCUT2D eigenvalue weighted by molar-refractivity contribution is 0.100. The standard InChI is InChI=1S/C12H13FN4O/c13-8-3-7-6-17(9-1-2-15-5-9)16-11(7)10(4-8)12(14)18/h3-4,6,9,15H,1-2,5H2,(H2,14,18). The van der Waals surface area contributed by atoms with Gasteiger partial charge in [-0.05, 0) is 25.1 Å². The molecule has 0 spiro atoms. The molecule has 0 bridgehead atoms. The number of nitrogens with zero attached hydrogens (tertiary/aromatic N) is 2. The number of aromatic nitrogens is 2. The van der Waals surface area contributed by atoms with E-state index >= 15 is 0 Å². The van der Waals surface area contributed by atoms with Gasteiger partial charge in [-0.3, -0.25) is 9.48 Å². The van der Waals surface area contributed by atoms with E-state index in [0.29, 0.717) is 10.9 Å². The molecule has 1 amide bonds. The van der Waals surface area contributed by atoms with E-state index in [-0.39, 0.29) is 11.6 Å². The van der Waals surface area contributed by atoms with Crippen molar-refractivity contribution in [1.29, 1.82) is 0 Å². The van der Waals surface area contributed by atoms with E-state index in [1.807, 2.05) is 0 Å². The van der Waals surface area contributed by atoms with Crippen LogP contribution in [0.5, 0.6) is 0 Å². The second-order valence-corrected chi connectivity index (χ2v) is 4.51. The van der Waals surface area contributed by atoms with Gasteiger partial charge in [0.2, 0.25) is 0 Å². The first-order valence-corrected chi connectivity index (χ1v) is 5.84. The minimum absolute atomic E-state index is 0.134. The third-order valence-corrected chi connectivity index (χ3v) is 3.26. The Labute approximate surface area is 103 Å². The van der Waals surface area contributed by atoms with Gasteiger partial charge < -0.3 is 11.1 Å². The third-order valence-electron chi connectivity index (χ3n) is 3.26. The SMILES string of the molecule is NC(=O)c1cc(F)cc2cn(C3CCNC3)nc12. The van der Waals surface area contributed by atoms with Crippen LogP contribution in [0.15, 0.2) is 18.3 Å². The van der Waals surface area contributed by atoms with Gasteiger partial charge in [0.05, 0.1) is 11.6 Å². The predicted octanol–water partition coefficient (Wildman–Crippen LogP) is 0.809. The van der Waals surface area contributed by atoms with E-state index in [2.05, 4.69) is 10.4 Å². The van der Waals surface area contributed by atoms with Crippen molar-refractivity contribution in [3.63, 3.8) is 0 Å². The van der Waals surface area contributed by atoms with E-state index in [4.69, 9.17) is 5.73 Å². The molecule has 2 heterocycles. The number of halogens is 1. The Bertz CT molecular complexity index is 616. The average molecular weight is 248 g/mol. The summed E-state index contributed by atoms with van der Waals surface area (Å²) in [6.07, 6.45) is 2.74. The highest BCUT2D eigenvalue weighted by atomic mass is 19.1. The first kappa shape index (κ1) is 11.2. The first-order chi connectivity index (χ1) is 8.65. The summed E-state index contributed by atoms with van der Waals surface area (Å²) in [6.45, 7) is 1.78. The number of fused-ring (bicyclic) bond motifs is 1. The van der Waals surface area contributed by atoms with Crippen LogP contribution in [0.2, 0.25) is 0 Å². The maximum atomic E-state index is 13.4. The molecule has 0 radical (unpaired) electrons. The lowest BCUT2D eigenvalue weighted by Crippen LogP contribution is -2.14. The Hall–Kier alpha value is -1.95. The van der Waals surface area contributed by atoms with Crippen LogP contribution >= 0.6 is 0 Å². The lowest BCUT2D eigenvalue weighted by Gasteiger charge is -2.07. The molecule has 6 heteroatoms. The fourth-order valence-corrected chi connectivity index (χ4v) is 2.36. The second kappa shape index (κ2) is 4.06. The van der Waals surface area contributed by atoms with E-state index in [0.717, 1.165) is 25.6 Å². The van der Waals surface area contributed by atoms with E-state index in [9.17, 15) is 9.18 Å². The zero-order chi connectivity index (χ0) is 12.7. The van der Waals surface area contributed by atoms with E-state index in [1.54, 1.807) is 10.9 Å². The van der Waals surface area contributed by atoms with Crippen molar-refractivity contribution in [2.45, 2.75) is 12.5 Å². The normalized spacial score (nSPS) is 19.5. The largest absolute Gasteiger partial charge is 0.366 e. The Kier molecular flexibility index (Phi) is 2.52. The van der Waals surface area contributed by atoms with Gasteiger partial charge in [-0.15, -0.1) is 0 Å². The van der Waals surface area contributed by atoms with Gasteiger partial charge in [0.1, 0.15) is 11.3 Å². The summed E-state index contributed by atoms with van der Waals surface area (Å²) >= 11 is 0. The highest BCUT2D eigenvalue weighted by molar-refractivity contribution is 6.04. The fraction of sp³-hybridized carbons (Fsp3) is 0.333. The van der Waals surface area contributed by atoms with Gasteiger partial charge in [-0.25, -0.2) is 4.39 Å². The van der Waals surface area contributed by atoms with Crippen molar-refractivity contribution >= 4 is 16.8 Å². The van der Waals surface area contributed by atoms with Crippen molar-refractivity contribution in [2.75, 3.05) is 13.1 Å². The number of nitrogens with two attached hydrogens (primary N) is 1. The minimum Gasteiger partial charge on any atom is -0.366 e. The van der Waals surface area contributed by atoms with Gasteiger partial charge in [0.15, 0.2) is 0 Å². The van der Waals surface area contributed by atoms with Crippen LogP contribution in [0.1, 0.15) is 22.8 Å². The number of primary amides is 1. The van der Waals surface area contributed by atoms with Crippen molar-refractivity contribution in [1.82, 2.24) is 15.1 Å². The molecule has 1 atom stereocenters. The molecule has 5 nitrogen and oxygen atoms in total. The summed E-state index contributed by atoms with van der Waals surface area (Å²) in [5.74, 6) is -1.13. The van der Waals surface area contributed by atoms with Gasteiger partial charge in [0.25, 0.3) is 5.91 Å². The maximum absolute atomic E-state index is 13.4. The summed E-state index contributed by atoms with van der Waals surface area (Å²) in [7, 11) is 0. The number of nitrogens with one attached hydrogen (secondary N) is 1. The Morgan fingerprint density at radius 1 is 1.56 bits per heavy atom. The van der Waals surface area contributed by atoms with Gasteiger partial charge in [0, 0.05) is 18.1 Å². The number of benzene rings is 1. The topological polar surface area (TPSA) is 72.9 Å². The van der Waals surface area contributed by atoms with Crippen LogP contribution < -0.4 is 11.1 Å². The van der Waals surface area contributed by atoms with Crippen LogP contribution in [-0.2, 0) is 0 Å². The lowest BCUT2D eigenvalue weighted by atomic mass is 10.1. The Morgan fingerprint density at radius 3 is 3.06 bits per heavy atom. The minimum atomic E-state index is -0.658. The van der Waals surface area contributed by atoms with Crippen molar-refractivity contribution in [3.8, 4) is 0 Å². The third kappa shape index (κ3) is 1.74. The van der Waals surface area contributed by atoms with Crippen molar-refractivity contribution < 1.29 is 9.18 Å². The quantitative estimate of drug-likeness (QED) is 0.826. The molecule has 1 saturated heterocycles. The number of carbonyl (C=O) groups is 1. The molecule has 0 aliphatic carbocycles. The summed E-state index contributed by atoms with van der Waals surface area (Å²) in [6, 6.07) is 2.75. The maximum Gasteiger partial charge on any atom is 0.251 e. The van der Waals surface area contributed by atoms with Crippen LogP contribution in [0.4, 0.5) is 4.39 Å². The number of hydrogen-bond acceptors (Lipinski definition) is 3. The molecule has 18 heavy (non-hydrogen) atoms. The molecule has 3 rings (SSSR count). The van der Waals surface area contributed by atoms with Crippen LogP contribution in [0.25, 0.3) is 10.9 Å². The second-order valence-electron chi connectivity index (χ2n) is 4.51. The molecule has 0 saturated carbocycles. The number of hydrogen-bond donors (Lipinski definition) is 2. The van der Waals surface area contributed by atoms with E-state index in [1.165, 1.54) is 6.07 Å². The first-order valence-electron chi connectivity index (χ1n) is 5.84. The Balaban J connectivity index is 2.15. The summed E-state index contributed by atoms with van der Waals surface area (Å²) in [5, 5.41) is 8.21. The van der Waals surface area contributed by atoms with Gasteiger partial charge >= 0.3 is 0 Å². The van der Waals surface area contributed by atoms with Crippen LogP contribution in [-0.4, -0.2) is 28.8 Å². The summed E-state index contributed by atoms with van der Waals surface area (Å²) < 4.78 is 15.2. The van der Waals surface area contributed by atoms with E-state index < -0.39 is 11.7 Å². The molecule has 1 unspecified atom stereocenters. The number of amides is 1. The molecule has 1 aliphatic heterocycles. The zero-order valence-corrected chi connectivity index (χ0v) is 9.69. The van der Waals surface area contributed by atoms with Gasteiger partial charge in [-0.1, -0.05) is 0 Å². The molecule has 1 aromatic heterocycles. The average Bonchev–Trinajstić information content (AvgIpc) is 2.95. The Morgan fingerprint density at radius 2 is 2.39 bits per heavy atom. The molecular weight excluding hydrogens is 235 g/mol. The highest BCUT2D eigenvalue weighted by Gasteiger charge is 2.19. The van der Waals surface area contributed by atoms with Crippen LogP contribution in [0.3, 0.4) is 0 Å². The zero-order valence-electron chi connectivity index (χ0n) is 9.69. The number of carbonyl (C=O) groups excluding carboxylic acids is 1. The van der Waals surface area contributed by atoms with Crippen LogP contribution in [0, 0.1) is 5.82 Å². The van der Waals surface area contributed by atoms with Crippen molar-refractivity contribution in [2.24, 2.45) is 5.73 Å². The molecule has 3 N–H and O–H groups in total. The predicted molar refractivity (Wildman–Crippen MR) is 64.7 cm³/mol. The molecule has 1 fully saturated rings. The smallest absolute Gasteiger partial charge is 0.251 e. The number of rotatable bonds is 2. The highest BCUT2D eigenvalue weighted by Crippen LogP contribution is 2.23. The summed E-state index contributed by atoms with van der Waals surface area (Å²) in [4.78, 5) is 11.3. The van der Waals surface area contributed by atoms with Crippen molar-refractivity contribution in [3.05, 3.63) is 29.7 Å². The monoisotopic (exact) mass is 248 g/mol. The summed E-state index contributed by atoms with van der Waals surface area (Å²) in [5.41, 5.74) is 5.85. The molecular formula is C12H13FN4O. The molecule has 94 valence electrons. The fourth-order valence-electron chi connectivity index (χ4n) is 2.36. The molecule has 2 aromatic rings. The van der Waals surface area contributed by atoms with Gasteiger partial charge in [-0.2, -0.15) is 5.10 Å². The molecule has 1 aliphatic rings. The molecule has 1 aromatic carbocycles.